The van der Waals surface area contributed by atoms with Crippen molar-refractivity contribution in [1.82, 2.24) is 4.90 Å². The van der Waals surface area contributed by atoms with Crippen LogP contribution in [0.15, 0.2) is 36.4 Å². The van der Waals surface area contributed by atoms with Crippen molar-refractivity contribution in [3.8, 4) is 0 Å². The highest BCUT2D eigenvalue weighted by Crippen LogP contribution is 2.32. The molecule has 1 aromatic carbocycles. The third-order valence-corrected chi connectivity index (χ3v) is 4.47. The lowest BCUT2D eigenvalue weighted by atomic mass is 9.86. The maximum atomic E-state index is 12.3. The summed E-state index contributed by atoms with van der Waals surface area (Å²) in [4.78, 5) is 25.6. The number of anilines is 1. The topological polar surface area (TPSA) is 58.6 Å². The molecule has 116 valence electrons. The van der Waals surface area contributed by atoms with Gasteiger partial charge >= 0.3 is 12.0 Å². The quantitative estimate of drug-likeness (QED) is 0.675. The Hall–Kier alpha value is -2.30. The third-order valence-electron chi connectivity index (χ3n) is 4.47. The van der Waals surface area contributed by atoms with Gasteiger partial charge in [-0.25, -0.2) is 9.59 Å². The van der Waals surface area contributed by atoms with E-state index in [0.717, 1.165) is 25.9 Å². The number of ether oxygens (including phenoxy) is 1. The van der Waals surface area contributed by atoms with E-state index in [2.05, 4.69) is 22.2 Å². The lowest BCUT2D eigenvalue weighted by Gasteiger charge is -2.17. The van der Waals surface area contributed by atoms with Crippen LogP contribution in [0, 0.1) is 11.8 Å². The molecular weight excluding hydrogens is 280 g/mol. The van der Waals surface area contributed by atoms with E-state index in [1.165, 1.54) is 7.11 Å². The van der Waals surface area contributed by atoms with E-state index >= 15 is 0 Å². The van der Waals surface area contributed by atoms with Gasteiger partial charge in [0.1, 0.15) is 0 Å². The number of carbonyl (C=O) groups excluding carboxylic acids is 2. The second-order valence-electron chi connectivity index (χ2n) is 5.87. The molecule has 1 aliphatic heterocycles. The van der Waals surface area contributed by atoms with Crippen molar-refractivity contribution in [3.63, 3.8) is 0 Å². The van der Waals surface area contributed by atoms with Gasteiger partial charge in [0.15, 0.2) is 0 Å². The molecule has 5 heteroatoms. The summed E-state index contributed by atoms with van der Waals surface area (Å²) in [5, 5.41) is 2.89. The minimum atomic E-state index is -0.381. The van der Waals surface area contributed by atoms with E-state index in [0.29, 0.717) is 23.1 Å². The van der Waals surface area contributed by atoms with Crippen LogP contribution in [0.4, 0.5) is 10.5 Å². The van der Waals surface area contributed by atoms with Crippen molar-refractivity contribution in [3.05, 3.63) is 42.0 Å². The van der Waals surface area contributed by atoms with Crippen LogP contribution >= 0.6 is 0 Å². The smallest absolute Gasteiger partial charge is 0.337 e. The first kappa shape index (κ1) is 14.6. The second-order valence-corrected chi connectivity index (χ2v) is 5.87. The largest absolute Gasteiger partial charge is 0.465 e. The van der Waals surface area contributed by atoms with E-state index < -0.39 is 0 Å². The normalized spacial score (nSPS) is 23.0. The Labute approximate surface area is 129 Å². The molecule has 1 N–H and O–H groups in total. The number of allylic oxidation sites excluding steroid dienone is 2. The van der Waals surface area contributed by atoms with Crippen molar-refractivity contribution in [2.45, 2.75) is 12.8 Å². The number of methoxy groups -OCH3 is 1. The number of hydrogen-bond acceptors (Lipinski definition) is 3. The van der Waals surface area contributed by atoms with E-state index in [-0.39, 0.29) is 12.0 Å². The highest BCUT2D eigenvalue weighted by Gasteiger charge is 2.35. The summed E-state index contributed by atoms with van der Waals surface area (Å²) >= 11 is 0. The first-order valence-corrected chi connectivity index (χ1v) is 7.56. The zero-order chi connectivity index (χ0) is 15.5. The molecule has 1 saturated heterocycles. The molecule has 1 aromatic rings. The van der Waals surface area contributed by atoms with Crippen molar-refractivity contribution < 1.29 is 14.3 Å². The van der Waals surface area contributed by atoms with Gasteiger partial charge in [-0.3, -0.25) is 0 Å². The fourth-order valence-corrected chi connectivity index (χ4v) is 3.19. The summed E-state index contributed by atoms with van der Waals surface area (Å²) in [5.74, 6) is 0.809. The number of hydrogen-bond donors (Lipinski definition) is 1. The molecule has 3 rings (SSSR count). The number of amides is 2. The van der Waals surface area contributed by atoms with Crippen LogP contribution in [0.3, 0.4) is 0 Å². The van der Waals surface area contributed by atoms with Crippen LogP contribution in [0.2, 0.25) is 0 Å². The Balaban J connectivity index is 1.59. The van der Waals surface area contributed by atoms with E-state index in [1.807, 2.05) is 4.90 Å². The number of nitrogens with zero attached hydrogens (tertiary/aromatic N) is 1. The van der Waals surface area contributed by atoms with E-state index in [4.69, 9.17) is 0 Å². The number of rotatable bonds is 2. The number of fused-ring (bicyclic) bond motifs is 1. The first-order chi connectivity index (χ1) is 10.7. The maximum absolute atomic E-state index is 12.3. The lowest BCUT2D eigenvalue weighted by molar-refractivity contribution is 0.0601. The average Bonchev–Trinajstić information content (AvgIpc) is 2.99. The van der Waals surface area contributed by atoms with Gasteiger partial charge in [-0.2, -0.15) is 0 Å². The number of nitrogens with one attached hydrogen (secondary N) is 1. The van der Waals surface area contributed by atoms with Gasteiger partial charge in [0.25, 0.3) is 0 Å². The van der Waals surface area contributed by atoms with Crippen LogP contribution in [0.5, 0.6) is 0 Å². The number of esters is 1. The van der Waals surface area contributed by atoms with Crippen molar-refractivity contribution in [2.24, 2.45) is 11.8 Å². The van der Waals surface area contributed by atoms with Gasteiger partial charge in [0.05, 0.1) is 12.7 Å². The molecule has 1 fully saturated rings. The molecule has 0 aromatic heterocycles. The van der Waals surface area contributed by atoms with Gasteiger partial charge in [-0.05, 0) is 48.9 Å². The zero-order valence-electron chi connectivity index (χ0n) is 12.6. The van der Waals surface area contributed by atoms with Crippen molar-refractivity contribution in [2.75, 3.05) is 25.5 Å². The van der Waals surface area contributed by atoms with Crippen LogP contribution in [0.25, 0.3) is 0 Å². The Morgan fingerprint density at radius 1 is 1.09 bits per heavy atom. The Bertz CT molecular complexity index is 578. The van der Waals surface area contributed by atoms with Crippen LogP contribution in [0.1, 0.15) is 23.2 Å². The Morgan fingerprint density at radius 3 is 2.23 bits per heavy atom. The number of carbonyl (C=O) groups is 2. The van der Waals surface area contributed by atoms with Crippen LogP contribution < -0.4 is 5.32 Å². The molecule has 2 aliphatic rings. The zero-order valence-corrected chi connectivity index (χ0v) is 12.6. The minimum Gasteiger partial charge on any atom is -0.465 e. The van der Waals surface area contributed by atoms with Gasteiger partial charge in [0.2, 0.25) is 0 Å². The van der Waals surface area contributed by atoms with Gasteiger partial charge in [-0.15, -0.1) is 0 Å². The molecule has 5 nitrogen and oxygen atoms in total. The molecule has 2 unspecified atom stereocenters. The number of urea groups is 1. The number of benzene rings is 1. The van der Waals surface area contributed by atoms with E-state index in [9.17, 15) is 9.59 Å². The molecule has 0 bridgehead atoms. The molecule has 0 radical (unpaired) electrons. The average molecular weight is 300 g/mol. The summed E-state index contributed by atoms with van der Waals surface area (Å²) in [6.45, 7) is 1.64. The van der Waals surface area contributed by atoms with Crippen LogP contribution in [-0.4, -0.2) is 37.1 Å². The van der Waals surface area contributed by atoms with Crippen molar-refractivity contribution in [1.29, 1.82) is 0 Å². The fourth-order valence-electron chi connectivity index (χ4n) is 3.19. The summed E-state index contributed by atoms with van der Waals surface area (Å²) in [6, 6.07) is 6.66. The highest BCUT2D eigenvalue weighted by molar-refractivity contribution is 5.92. The Morgan fingerprint density at radius 2 is 1.68 bits per heavy atom. The third kappa shape index (κ3) is 2.98. The molecule has 2 amide bonds. The summed E-state index contributed by atoms with van der Waals surface area (Å²) in [7, 11) is 1.35. The minimum absolute atomic E-state index is 0.0692. The fraction of sp³-hybridized carbons (Fsp3) is 0.412. The van der Waals surface area contributed by atoms with Crippen molar-refractivity contribution >= 4 is 17.7 Å². The molecule has 1 aliphatic carbocycles. The predicted molar refractivity (Wildman–Crippen MR) is 83.7 cm³/mol. The van der Waals surface area contributed by atoms with Gasteiger partial charge < -0.3 is 15.0 Å². The first-order valence-electron chi connectivity index (χ1n) is 7.56. The van der Waals surface area contributed by atoms with Gasteiger partial charge in [-0.1, -0.05) is 12.2 Å². The molecule has 22 heavy (non-hydrogen) atoms. The summed E-state index contributed by atoms with van der Waals surface area (Å²) in [6.07, 6.45) is 6.58. The SMILES string of the molecule is COC(=O)c1ccc(NC(=O)N2CC3CC=CCC3C2)cc1. The standard InChI is InChI=1S/C17H20N2O3/c1-22-16(20)12-6-8-15(9-7-12)18-17(21)19-10-13-4-2-3-5-14(13)11-19/h2-3,6-9,13-14H,4-5,10-11H2,1H3,(H,18,21). The lowest BCUT2D eigenvalue weighted by Crippen LogP contribution is -2.33. The molecular formula is C17H20N2O3. The molecule has 0 spiro atoms. The molecule has 0 saturated carbocycles. The van der Waals surface area contributed by atoms with Gasteiger partial charge in [0, 0.05) is 18.8 Å². The van der Waals surface area contributed by atoms with Crippen LogP contribution in [-0.2, 0) is 4.74 Å². The number of likely N-dealkylation sites (tertiary alicyclic amines) is 1. The van der Waals surface area contributed by atoms with E-state index in [1.54, 1.807) is 24.3 Å². The monoisotopic (exact) mass is 300 g/mol. The summed E-state index contributed by atoms with van der Waals surface area (Å²) in [5.41, 5.74) is 1.16. The highest BCUT2D eigenvalue weighted by atomic mass is 16.5. The molecule has 2 atom stereocenters. The maximum Gasteiger partial charge on any atom is 0.337 e. The predicted octanol–water partition coefficient (Wildman–Crippen LogP) is 2.90. The molecule has 1 heterocycles. The Kier molecular flexibility index (Phi) is 4.13. The summed E-state index contributed by atoms with van der Waals surface area (Å²) < 4.78 is 4.65. The second kappa shape index (κ2) is 6.22.